The summed E-state index contributed by atoms with van der Waals surface area (Å²) in [6.07, 6.45) is 0. The molecular weight excluding hydrogens is 98.9 g/mol. The molecule has 0 amide bonds. The summed E-state index contributed by atoms with van der Waals surface area (Å²) in [5.74, 6) is 0. The van der Waals surface area contributed by atoms with Crippen LogP contribution in [-0.2, 0) is 21.7 Å². The van der Waals surface area contributed by atoms with Crippen molar-refractivity contribution in [2.45, 2.75) is 0 Å². The van der Waals surface area contributed by atoms with Crippen LogP contribution in [0.2, 0.25) is 0 Å². The first-order valence-corrected chi connectivity index (χ1v) is 0. The average molecular weight is 104 g/mol. The second-order valence-electron chi connectivity index (χ2n) is 0. The Morgan fingerprint density at radius 1 is 0.750 bits per heavy atom. The Morgan fingerprint density at radius 2 is 0.750 bits per heavy atom. The second-order valence-corrected chi connectivity index (χ2v) is 0. The van der Waals surface area contributed by atoms with E-state index < -0.39 is 0 Å². The van der Waals surface area contributed by atoms with E-state index in [4.69, 9.17) is 0 Å². The van der Waals surface area contributed by atoms with Gasteiger partial charge in [-0.2, -0.15) is 0 Å². The Balaban J connectivity index is 0. The van der Waals surface area contributed by atoms with Gasteiger partial charge in [-0.3, -0.25) is 4.70 Å². The van der Waals surface area contributed by atoms with E-state index in [1.54, 1.807) is 0 Å². The molecule has 0 aliphatic rings. The first-order chi connectivity index (χ1) is 0. The zero-order valence-electron chi connectivity index (χ0n) is 1.91. The fourth-order valence-electron chi connectivity index (χ4n) is 0. The van der Waals surface area contributed by atoms with Crippen molar-refractivity contribution in [2.75, 3.05) is 0 Å². The first-order valence-electron chi connectivity index (χ1n) is 0. The van der Waals surface area contributed by atoms with E-state index in [1.165, 1.54) is 0 Å². The van der Waals surface area contributed by atoms with Crippen LogP contribution in [0.4, 0.5) is 4.70 Å². The van der Waals surface area contributed by atoms with E-state index in [9.17, 15) is 0 Å². The van der Waals surface area contributed by atoms with Gasteiger partial charge in [0.15, 0.2) is 0 Å². The molecule has 0 aromatic rings. The summed E-state index contributed by atoms with van der Waals surface area (Å²) in [5, 5.41) is 0. The van der Waals surface area contributed by atoms with Crippen LogP contribution in [-0.4, -0.2) is 11.0 Å². The molecule has 0 aromatic carbocycles. The van der Waals surface area contributed by atoms with Crippen LogP contribution in [0.5, 0.6) is 0 Å². The quantitative estimate of drug-likeness (QED) is 0.336. The van der Waals surface area contributed by atoms with Gasteiger partial charge in [0.05, 0.1) is 0 Å². The number of hydrogen-bond donors (Lipinski definition) is 0. The largest absolute Gasteiger partial charge is 0.412 e. The van der Waals surface area contributed by atoms with Crippen LogP contribution in [0.15, 0.2) is 0 Å². The van der Waals surface area contributed by atoms with Crippen LogP contribution < -0.4 is 0 Å². The van der Waals surface area contributed by atoms with Crippen LogP contribution in [0.25, 0.3) is 0 Å². The SMILES string of the molecule is F.O.O.[Ti]. The molecule has 0 atom stereocenters. The maximum Gasteiger partial charge on any atom is 0 e. The van der Waals surface area contributed by atoms with Crippen LogP contribution in [0.3, 0.4) is 0 Å². The van der Waals surface area contributed by atoms with Crippen molar-refractivity contribution in [3.8, 4) is 0 Å². The zero-order chi connectivity index (χ0) is 0. The Kier molecular flexibility index (Phi) is 3350. The van der Waals surface area contributed by atoms with E-state index in [0.717, 1.165) is 0 Å². The van der Waals surface area contributed by atoms with Crippen LogP contribution in [0.1, 0.15) is 0 Å². The van der Waals surface area contributed by atoms with Crippen molar-refractivity contribution in [3.63, 3.8) is 0 Å². The van der Waals surface area contributed by atoms with Crippen molar-refractivity contribution in [3.05, 3.63) is 0 Å². The van der Waals surface area contributed by atoms with Gasteiger partial charge in [-0.15, -0.1) is 0 Å². The zero-order valence-corrected chi connectivity index (χ0v) is 3.47. The molecule has 2 nitrogen and oxygen atoms in total. The summed E-state index contributed by atoms with van der Waals surface area (Å²) in [6.45, 7) is 0. The third-order valence-electron chi connectivity index (χ3n) is 0. The second kappa shape index (κ2) is 73.6. The Hall–Kier alpha value is 0.564. The van der Waals surface area contributed by atoms with Crippen molar-refractivity contribution < 1.29 is 37.4 Å². The molecule has 0 radical (unpaired) electrons. The smallest absolute Gasteiger partial charge is 0 e. The maximum atomic E-state index is 0. The third-order valence-corrected chi connectivity index (χ3v) is 0. The third kappa shape index (κ3) is 19.7. The van der Waals surface area contributed by atoms with Gasteiger partial charge in [-0.25, -0.2) is 0 Å². The van der Waals surface area contributed by atoms with E-state index in [0.29, 0.717) is 0 Å². The maximum absolute atomic E-state index is 0. The molecule has 0 unspecified atom stereocenters. The number of rotatable bonds is 0. The number of hydrogen-bond acceptors (Lipinski definition) is 0. The summed E-state index contributed by atoms with van der Waals surface area (Å²) in [4.78, 5) is 0. The minimum atomic E-state index is 0. The molecule has 28 valence electrons. The first kappa shape index (κ1) is 182. The molecule has 0 rings (SSSR count). The van der Waals surface area contributed by atoms with Gasteiger partial charge in [-0.05, 0) is 0 Å². The molecule has 4 heteroatoms. The van der Waals surface area contributed by atoms with E-state index in [2.05, 4.69) is 0 Å². The monoisotopic (exact) mass is 104 g/mol. The van der Waals surface area contributed by atoms with Crippen LogP contribution in [0, 0.1) is 0 Å². The summed E-state index contributed by atoms with van der Waals surface area (Å²) < 4.78 is 0. The molecule has 0 heterocycles. The van der Waals surface area contributed by atoms with Gasteiger partial charge in [-0.1, -0.05) is 0 Å². The van der Waals surface area contributed by atoms with Crippen molar-refractivity contribution in [2.24, 2.45) is 0 Å². The molecule has 0 saturated heterocycles. The Labute approximate surface area is 38.1 Å². The average Bonchev–Trinajstić information content (AvgIpc) is 0. The fourth-order valence-corrected chi connectivity index (χ4v) is 0. The van der Waals surface area contributed by atoms with Gasteiger partial charge in [0.1, 0.15) is 0 Å². The summed E-state index contributed by atoms with van der Waals surface area (Å²) in [5.41, 5.74) is 0. The fraction of sp³-hybridized carbons (Fsp3) is 0. The molecule has 4 heavy (non-hydrogen) atoms. The standard InChI is InChI=1S/FH.2H2O.Ti/h1H;2*1H2;. The molecule has 0 aromatic heterocycles. The Bertz CT molecular complexity index is 6.00. The van der Waals surface area contributed by atoms with Gasteiger partial charge in [0, 0.05) is 21.7 Å². The van der Waals surface area contributed by atoms with E-state index in [1.807, 2.05) is 0 Å². The van der Waals surface area contributed by atoms with E-state index >= 15 is 0 Å². The van der Waals surface area contributed by atoms with Gasteiger partial charge >= 0.3 is 0 Å². The molecule has 0 fully saturated rings. The minimum absolute atomic E-state index is 0. The van der Waals surface area contributed by atoms with Gasteiger partial charge < -0.3 is 11.0 Å². The molecule has 0 aliphatic carbocycles. The molecular formula is H5FO2Ti. The van der Waals surface area contributed by atoms with E-state index in [-0.39, 0.29) is 37.4 Å². The molecule has 0 spiro atoms. The predicted octanol–water partition coefficient (Wildman–Crippen LogP) is -1.50. The topological polar surface area (TPSA) is 63.0 Å². The summed E-state index contributed by atoms with van der Waals surface area (Å²) in [7, 11) is 0. The summed E-state index contributed by atoms with van der Waals surface area (Å²) in [6, 6.07) is 0. The molecule has 0 aliphatic heterocycles. The number of halogens is 1. The minimum Gasteiger partial charge on any atom is -0.412 e. The van der Waals surface area contributed by atoms with Crippen molar-refractivity contribution in [1.82, 2.24) is 0 Å². The molecule has 4 N–H and O–H groups in total. The molecule has 0 bridgehead atoms. The summed E-state index contributed by atoms with van der Waals surface area (Å²) >= 11 is 0. The molecule has 0 saturated carbocycles. The van der Waals surface area contributed by atoms with Gasteiger partial charge in [0.25, 0.3) is 0 Å². The Morgan fingerprint density at radius 3 is 0.750 bits per heavy atom. The predicted molar refractivity (Wildman–Crippen MR) is 9.73 cm³/mol. The van der Waals surface area contributed by atoms with Gasteiger partial charge in [0.2, 0.25) is 0 Å². The normalized spacial score (nSPS) is 0. The van der Waals surface area contributed by atoms with Crippen molar-refractivity contribution in [1.29, 1.82) is 0 Å². The van der Waals surface area contributed by atoms with Crippen molar-refractivity contribution >= 4 is 0 Å². The van der Waals surface area contributed by atoms with Crippen LogP contribution >= 0.6 is 0 Å².